The fraction of sp³-hybridized carbons (Fsp3) is 0.385. The molecule has 19 heavy (non-hydrogen) atoms. The lowest BCUT2D eigenvalue weighted by atomic mass is 10.1. The minimum absolute atomic E-state index is 0.0471. The van der Waals surface area contributed by atoms with Crippen molar-refractivity contribution in [1.29, 1.82) is 0 Å². The van der Waals surface area contributed by atoms with Crippen LogP contribution in [0.3, 0.4) is 0 Å². The third-order valence-electron chi connectivity index (χ3n) is 2.48. The molecule has 1 aromatic rings. The van der Waals surface area contributed by atoms with Gasteiger partial charge in [0, 0.05) is 24.3 Å². The molecule has 0 saturated heterocycles. The van der Waals surface area contributed by atoms with Gasteiger partial charge in [0.05, 0.1) is 12.1 Å². The van der Waals surface area contributed by atoms with Gasteiger partial charge >= 0.3 is 0 Å². The van der Waals surface area contributed by atoms with E-state index in [0.717, 1.165) is 6.42 Å². The van der Waals surface area contributed by atoms with Crippen LogP contribution >= 0.6 is 11.6 Å². The number of amides is 2. The molecule has 0 aromatic heterocycles. The summed E-state index contributed by atoms with van der Waals surface area (Å²) in [5, 5.41) is 8.62. The van der Waals surface area contributed by atoms with Crippen LogP contribution in [0, 0.1) is 0 Å². The van der Waals surface area contributed by atoms with E-state index < -0.39 is 0 Å². The molecule has 0 atom stereocenters. The van der Waals surface area contributed by atoms with E-state index in [1.54, 1.807) is 25.2 Å². The van der Waals surface area contributed by atoms with E-state index >= 15 is 0 Å². The summed E-state index contributed by atoms with van der Waals surface area (Å²) in [6.07, 6.45) is 0.859. The van der Waals surface area contributed by atoms with Crippen LogP contribution in [-0.2, 0) is 4.79 Å². The number of hydrogen-bond donors (Lipinski definition) is 3. The number of nitrogens with one attached hydrogen (secondary N) is 3. The Kier molecular flexibility index (Phi) is 6.15. The van der Waals surface area contributed by atoms with Crippen LogP contribution in [0.1, 0.15) is 23.7 Å². The first-order valence-corrected chi connectivity index (χ1v) is 6.48. The van der Waals surface area contributed by atoms with E-state index in [9.17, 15) is 9.59 Å². The van der Waals surface area contributed by atoms with Crippen LogP contribution in [0.4, 0.5) is 5.69 Å². The quantitative estimate of drug-likeness (QED) is 0.743. The van der Waals surface area contributed by atoms with Gasteiger partial charge in [0.2, 0.25) is 5.91 Å². The first-order valence-electron chi connectivity index (χ1n) is 6.10. The van der Waals surface area contributed by atoms with E-state index in [-0.39, 0.29) is 18.4 Å². The number of carbonyl (C=O) groups excluding carboxylic acids is 2. The molecule has 2 amide bonds. The van der Waals surface area contributed by atoms with Crippen LogP contribution in [-0.4, -0.2) is 32.0 Å². The van der Waals surface area contributed by atoms with Crippen molar-refractivity contribution in [2.75, 3.05) is 25.5 Å². The summed E-state index contributed by atoms with van der Waals surface area (Å²) in [4.78, 5) is 23.4. The Morgan fingerprint density at radius 1 is 1.26 bits per heavy atom. The van der Waals surface area contributed by atoms with Gasteiger partial charge in [-0.3, -0.25) is 9.59 Å². The van der Waals surface area contributed by atoms with E-state index in [2.05, 4.69) is 16.0 Å². The molecule has 104 valence electrons. The molecule has 0 heterocycles. The Labute approximate surface area is 117 Å². The Bertz CT molecular complexity index is 463. The highest BCUT2D eigenvalue weighted by Gasteiger charge is 2.12. The Morgan fingerprint density at radius 3 is 2.63 bits per heavy atom. The molecule has 0 aliphatic rings. The Hall–Kier alpha value is -1.75. The molecule has 0 saturated carbocycles. The fourth-order valence-corrected chi connectivity index (χ4v) is 1.68. The maximum Gasteiger partial charge on any atom is 0.253 e. The lowest BCUT2D eigenvalue weighted by molar-refractivity contribution is -0.120. The average Bonchev–Trinajstić information content (AvgIpc) is 2.42. The highest BCUT2D eigenvalue weighted by atomic mass is 35.5. The van der Waals surface area contributed by atoms with E-state index in [0.29, 0.717) is 22.8 Å². The molecule has 1 aromatic carbocycles. The second-order valence-electron chi connectivity index (χ2n) is 3.97. The molecular formula is C13H18ClN3O2. The number of halogens is 1. The summed E-state index contributed by atoms with van der Waals surface area (Å²) in [6.45, 7) is 2.52. The molecule has 0 radical (unpaired) electrons. The first kappa shape index (κ1) is 15.3. The van der Waals surface area contributed by atoms with Crippen LogP contribution in [0.5, 0.6) is 0 Å². The second kappa shape index (κ2) is 7.63. The minimum Gasteiger partial charge on any atom is -0.387 e. The summed E-state index contributed by atoms with van der Waals surface area (Å²) in [6, 6.07) is 4.97. The van der Waals surface area contributed by atoms with Crippen molar-refractivity contribution < 1.29 is 9.59 Å². The predicted molar refractivity (Wildman–Crippen MR) is 76.6 cm³/mol. The smallest absolute Gasteiger partial charge is 0.253 e. The summed E-state index contributed by atoms with van der Waals surface area (Å²) >= 11 is 5.86. The second-order valence-corrected chi connectivity index (χ2v) is 4.41. The van der Waals surface area contributed by atoms with Crippen LogP contribution in [0.2, 0.25) is 5.02 Å². The van der Waals surface area contributed by atoms with Crippen LogP contribution in [0.25, 0.3) is 0 Å². The first-order chi connectivity index (χ1) is 9.08. The van der Waals surface area contributed by atoms with Gasteiger partial charge in [-0.2, -0.15) is 0 Å². The lowest BCUT2D eigenvalue weighted by Gasteiger charge is -2.10. The zero-order chi connectivity index (χ0) is 14.3. The topological polar surface area (TPSA) is 70.2 Å². The molecule has 0 aliphatic heterocycles. The van der Waals surface area contributed by atoms with Gasteiger partial charge in [-0.1, -0.05) is 18.5 Å². The molecule has 1 rings (SSSR count). The zero-order valence-electron chi connectivity index (χ0n) is 11.0. The highest BCUT2D eigenvalue weighted by molar-refractivity contribution is 6.31. The number of carbonyl (C=O) groups is 2. The largest absolute Gasteiger partial charge is 0.387 e. The van der Waals surface area contributed by atoms with Gasteiger partial charge in [0.25, 0.3) is 5.91 Å². The van der Waals surface area contributed by atoms with Gasteiger partial charge < -0.3 is 16.0 Å². The van der Waals surface area contributed by atoms with Crippen molar-refractivity contribution in [2.24, 2.45) is 0 Å². The van der Waals surface area contributed by atoms with Gasteiger partial charge in [0.15, 0.2) is 0 Å². The van der Waals surface area contributed by atoms with Crippen molar-refractivity contribution in [2.45, 2.75) is 13.3 Å². The van der Waals surface area contributed by atoms with Gasteiger partial charge in [0.1, 0.15) is 0 Å². The molecule has 0 unspecified atom stereocenters. The third kappa shape index (κ3) is 4.79. The number of anilines is 1. The molecule has 0 bridgehead atoms. The maximum atomic E-state index is 12.0. The van der Waals surface area contributed by atoms with Crippen molar-refractivity contribution >= 4 is 29.1 Å². The van der Waals surface area contributed by atoms with Crippen molar-refractivity contribution in [3.8, 4) is 0 Å². The van der Waals surface area contributed by atoms with E-state index in [1.165, 1.54) is 0 Å². The number of benzene rings is 1. The van der Waals surface area contributed by atoms with Crippen LogP contribution < -0.4 is 16.0 Å². The summed E-state index contributed by atoms with van der Waals surface area (Å²) in [7, 11) is 1.72. The normalized spacial score (nSPS) is 9.84. The van der Waals surface area contributed by atoms with Gasteiger partial charge in [-0.25, -0.2) is 0 Å². The third-order valence-corrected chi connectivity index (χ3v) is 2.71. The lowest BCUT2D eigenvalue weighted by Crippen LogP contribution is -2.37. The van der Waals surface area contributed by atoms with E-state index in [4.69, 9.17) is 11.6 Å². The molecule has 5 nitrogen and oxygen atoms in total. The maximum absolute atomic E-state index is 12.0. The standard InChI is InChI=1S/C13H18ClN3O2/c1-3-6-16-12(18)8-17-13(19)10-7-9(14)4-5-11(10)15-2/h4-5,7,15H,3,6,8H2,1-2H3,(H,16,18)(H,17,19). The van der Waals surface area contributed by atoms with Gasteiger partial charge in [-0.15, -0.1) is 0 Å². The van der Waals surface area contributed by atoms with Crippen molar-refractivity contribution in [3.05, 3.63) is 28.8 Å². The van der Waals surface area contributed by atoms with Gasteiger partial charge in [-0.05, 0) is 24.6 Å². The summed E-state index contributed by atoms with van der Waals surface area (Å²) < 4.78 is 0. The average molecular weight is 284 g/mol. The molecule has 6 heteroatoms. The molecule has 0 aliphatic carbocycles. The Morgan fingerprint density at radius 2 is 2.00 bits per heavy atom. The van der Waals surface area contributed by atoms with Crippen molar-refractivity contribution in [1.82, 2.24) is 10.6 Å². The molecule has 0 fully saturated rings. The molecule has 3 N–H and O–H groups in total. The summed E-state index contributed by atoms with van der Waals surface area (Å²) in [5.74, 6) is -0.540. The monoisotopic (exact) mass is 283 g/mol. The number of hydrogen-bond acceptors (Lipinski definition) is 3. The highest BCUT2D eigenvalue weighted by Crippen LogP contribution is 2.19. The van der Waals surface area contributed by atoms with Crippen LogP contribution in [0.15, 0.2) is 18.2 Å². The fourth-order valence-electron chi connectivity index (χ4n) is 1.51. The zero-order valence-corrected chi connectivity index (χ0v) is 11.8. The predicted octanol–water partition coefficient (Wildman–Crippen LogP) is 1.64. The van der Waals surface area contributed by atoms with Crippen molar-refractivity contribution in [3.63, 3.8) is 0 Å². The molecule has 0 spiro atoms. The number of rotatable bonds is 6. The van der Waals surface area contributed by atoms with E-state index in [1.807, 2.05) is 6.92 Å². The molecular weight excluding hydrogens is 266 g/mol. The minimum atomic E-state index is -0.335. The Balaban J connectivity index is 2.63. The SMILES string of the molecule is CCCNC(=O)CNC(=O)c1cc(Cl)ccc1NC. The summed E-state index contributed by atoms with van der Waals surface area (Å²) in [5.41, 5.74) is 1.08.